The van der Waals surface area contributed by atoms with Crippen molar-refractivity contribution in [3.63, 3.8) is 0 Å². The molecule has 1 aliphatic heterocycles. The summed E-state index contributed by atoms with van der Waals surface area (Å²) in [6.07, 6.45) is -0.113. The first-order chi connectivity index (χ1) is 5.72. The summed E-state index contributed by atoms with van der Waals surface area (Å²) in [7, 11) is 0. The minimum absolute atomic E-state index is 0.113. The highest BCUT2D eigenvalue weighted by molar-refractivity contribution is 9.09. The van der Waals surface area contributed by atoms with Gasteiger partial charge in [-0.1, -0.05) is 15.9 Å². The Morgan fingerprint density at radius 3 is 2.67 bits per heavy atom. The van der Waals surface area contributed by atoms with Crippen LogP contribution in [0.25, 0.3) is 0 Å². The normalized spacial score (nSPS) is 25.2. The molecule has 0 amide bonds. The minimum Gasteiger partial charge on any atom is -0.462 e. The molecular formula is C7H9BrO4. The Morgan fingerprint density at radius 1 is 1.33 bits per heavy atom. The summed E-state index contributed by atoms with van der Waals surface area (Å²) in [5.74, 6) is -0.672. The summed E-state index contributed by atoms with van der Waals surface area (Å²) in [6, 6.07) is 0. The fourth-order valence-electron chi connectivity index (χ4n) is 0.817. The van der Waals surface area contributed by atoms with Crippen molar-refractivity contribution in [2.45, 2.75) is 18.9 Å². The Hall–Kier alpha value is -0.580. The van der Waals surface area contributed by atoms with E-state index in [2.05, 4.69) is 15.9 Å². The highest BCUT2D eigenvalue weighted by atomic mass is 79.9. The molecule has 5 heteroatoms. The highest BCUT2D eigenvalue weighted by Gasteiger charge is 2.20. The smallest absolute Gasteiger partial charge is 0.306 e. The van der Waals surface area contributed by atoms with Gasteiger partial charge in [0.05, 0.1) is 12.8 Å². The fourth-order valence-corrected chi connectivity index (χ4v) is 1.14. The SMILES string of the molecule is O=C1CCC(=O)OC(CBr)CO1. The number of carbonyl (C=O) groups excluding carboxylic acids is 2. The van der Waals surface area contributed by atoms with Crippen molar-refractivity contribution in [1.82, 2.24) is 0 Å². The van der Waals surface area contributed by atoms with Crippen LogP contribution in [0.1, 0.15) is 12.8 Å². The molecule has 1 atom stereocenters. The van der Waals surface area contributed by atoms with Gasteiger partial charge in [-0.25, -0.2) is 0 Å². The van der Waals surface area contributed by atoms with Crippen LogP contribution in [-0.2, 0) is 19.1 Å². The molecule has 1 saturated heterocycles. The molecule has 0 aliphatic carbocycles. The molecule has 0 spiro atoms. The van der Waals surface area contributed by atoms with E-state index in [0.29, 0.717) is 5.33 Å². The maximum absolute atomic E-state index is 10.9. The molecule has 0 N–H and O–H groups in total. The van der Waals surface area contributed by atoms with E-state index in [4.69, 9.17) is 9.47 Å². The van der Waals surface area contributed by atoms with Crippen molar-refractivity contribution in [2.24, 2.45) is 0 Å². The largest absolute Gasteiger partial charge is 0.462 e. The molecular weight excluding hydrogens is 228 g/mol. The van der Waals surface area contributed by atoms with E-state index < -0.39 is 0 Å². The maximum Gasteiger partial charge on any atom is 0.306 e. The standard InChI is InChI=1S/C7H9BrO4/c8-3-5-4-11-6(9)1-2-7(10)12-5/h5H,1-4H2. The van der Waals surface area contributed by atoms with E-state index in [1.807, 2.05) is 0 Å². The molecule has 12 heavy (non-hydrogen) atoms. The van der Waals surface area contributed by atoms with Gasteiger partial charge in [-0.2, -0.15) is 0 Å². The number of rotatable bonds is 1. The van der Waals surface area contributed by atoms with Gasteiger partial charge in [-0.05, 0) is 0 Å². The first kappa shape index (κ1) is 9.51. The summed E-state index contributed by atoms with van der Waals surface area (Å²) in [5, 5.41) is 0.492. The van der Waals surface area contributed by atoms with E-state index in [1.54, 1.807) is 0 Å². The third kappa shape index (κ3) is 2.81. The van der Waals surface area contributed by atoms with Crippen LogP contribution in [0.2, 0.25) is 0 Å². The van der Waals surface area contributed by atoms with Crippen molar-refractivity contribution >= 4 is 27.9 Å². The van der Waals surface area contributed by atoms with Crippen molar-refractivity contribution in [3.05, 3.63) is 0 Å². The summed E-state index contributed by atoms with van der Waals surface area (Å²) in [4.78, 5) is 21.7. The van der Waals surface area contributed by atoms with Gasteiger partial charge in [-0.15, -0.1) is 0 Å². The second kappa shape index (κ2) is 4.45. The topological polar surface area (TPSA) is 52.6 Å². The van der Waals surface area contributed by atoms with Crippen LogP contribution < -0.4 is 0 Å². The number of halogens is 1. The lowest BCUT2D eigenvalue weighted by molar-refractivity contribution is -0.163. The lowest BCUT2D eigenvalue weighted by Crippen LogP contribution is -2.29. The zero-order valence-corrected chi connectivity index (χ0v) is 8.00. The van der Waals surface area contributed by atoms with Gasteiger partial charge in [-0.3, -0.25) is 9.59 Å². The van der Waals surface area contributed by atoms with Gasteiger partial charge < -0.3 is 9.47 Å². The number of cyclic esters (lactones) is 2. The van der Waals surface area contributed by atoms with Crippen LogP contribution in [0, 0.1) is 0 Å². The van der Waals surface area contributed by atoms with E-state index in [-0.39, 0.29) is 37.5 Å². The highest BCUT2D eigenvalue weighted by Crippen LogP contribution is 2.07. The summed E-state index contributed by atoms with van der Waals surface area (Å²) in [5.41, 5.74) is 0. The number of hydrogen-bond acceptors (Lipinski definition) is 4. The molecule has 1 heterocycles. The van der Waals surface area contributed by atoms with Crippen LogP contribution in [0.15, 0.2) is 0 Å². The van der Waals surface area contributed by atoms with Crippen molar-refractivity contribution in [3.8, 4) is 0 Å². The minimum atomic E-state index is -0.346. The summed E-state index contributed by atoms with van der Waals surface area (Å²) < 4.78 is 9.71. The van der Waals surface area contributed by atoms with Crippen LogP contribution in [0.5, 0.6) is 0 Å². The Kier molecular flexibility index (Phi) is 3.52. The Labute approximate surface area is 78.3 Å². The van der Waals surface area contributed by atoms with Gasteiger partial charge in [0.1, 0.15) is 12.7 Å². The second-order valence-corrected chi connectivity index (χ2v) is 3.10. The predicted octanol–water partition coefficient (Wildman–Crippen LogP) is 0.630. The van der Waals surface area contributed by atoms with E-state index in [9.17, 15) is 9.59 Å². The van der Waals surface area contributed by atoms with Gasteiger partial charge in [0.25, 0.3) is 0 Å². The van der Waals surface area contributed by atoms with Crippen LogP contribution in [-0.4, -0.2) is 30.0 Å². The third-order valence-electron chi connectivity index (χ3n) is 1.43. The number of carbonyl (C=O) groups is 2. The van der Waals surface area contributed by atoms with Gasteiger partial charge in [0.2, 0.25) is 0 Å². The van der Waals surface area contributed by atoms with Gasteiger partial charge >= 0.3 is 11.9 Å². The second-order valence-electron chi connectivity index (χ2n) is 2.45. The maximum atomic E-state index is 10.9. The molecule has 1 rings (SSSR count). The average Bonchev–Trinajstić information content (AvgIpc) is 2.06. The Balaban J connectivity index is 2.48. The van der Waals surface area contributed by atoms with E-state index in [1.165, 1.54) is 0 Å². The Morgan fingerprint density at radius 2 is 2.00 bits per heavy atom. The molecule has 0 bridgehead atoms. The van der Waals surface area contributed by atoms with Crippen molar-refractivity contribution < 1.29 is 19.1 Å². The van der Waals surface area contributed by atoms with Gasteiger partial charge in [0.15, 0.2) is 0 Å². The molecule has 1 unspecified atom stereocenters. The van der Waals surface area contributed by atoms with Crippen molar-refractivity contribution in [1.29, 1.82) is 0 Å². The lowest BCUT2D eigenvalue weighted by Gasteiger charge is -2.18. The van der Waals surface area contributed by atoms with Crippen LogP contribution in [0.4, 0.5) is 0 Å². The number of ether oxygens (including phenoxy) is 2. The van der Waals surface area contributed by atoms with Crippen molar-refractivity contribution in [2.75, 3.05) is 11.9 Å². The number of alkyl halides is 1. The van der Waals surface area contributed by atoms with Gasteiger partial charge in [0, 0.05) is 5.33 Å². The molecule has 0 saturated carbocycles. The molecule has 0 aromatic rings. The van der Waals surface area contributed by atoms with Crippen LogP contribution >= 0.6 is 15.9 Å². The molecule has 1 aliphatic rings. The molecule has 0 radical (unpaired) electrons. The van der Waals surface area contributed by atoms with E-state index >= 15 is 0 Å². The molecule has 68 valence electrons. The fraction of sp³-hybridized carbons (Fsp3) is 0.714. The zero-order chi connectivity index (χ0) is 8.97. The zero-order valence-electron chi connectivity index (χ0n) is 6.42. The first-order valence-corrected chi connectivity index (χ1v) is 4.75. The quantitative estimate of drug-likeness (QED) is 0.495. The molecule has 1 fully saturated rings. The summed E-state index contributed by atoms with van der Waals surface area (Å²) >= 11 is 3.15. The third-order valence-corrected chi connectivity index (χ3v) is 2.16. The average molecular weight is 237 g/mol. The Bertz CT molecular complexity index is 192. The van der Waals surface area contributed by atoms with Crippen LogP contribution in [0.3, 0.4) is 0 Å². The number of hydrogen-bond donors (Lipinski definition) is 0. The monoisotopic (exact) mass is 236 g/mol. The molecule has 4 nitrogen and oxygen atoms in total. The van der Waals surface area contributed by atoms with E-state index in [0.717, 1.165) is 0 Å². The lowest BCUT2D eigenvalue weighted by atomic mass is 10.3. The summed E-state index contributed by atoms with van der Waals surface area (Å²) in [6.45, 7) is 0.149. The predicted molar refractivity (Wildman–Crippen MR) is 43.9 cm³/mol. The first-order valence-electron chi connectivity index (χ1n) is 3.63. The molecule has 0 aromatic carbocycles. The number of esters is 2. The molecule has 0 aromatic heterocycles.